The van der Waals surface area contributed by atoms with E-state index in [0.717, 1.165) is 54.8 Å². The van der Waals surface area contributed by atoms with Crippen molar-refractivity contribution in [3.8, 4) is 0 Å². The molecule has 0 bridgehead atoms. The van der Waals surface area contributed by atoms with Crippen molar-refractivity contribution < 1.29 is 14.3 Å². The third kappa shape index (κ3) is 5.63. The fraction of sp³-hybridized carbons (Fsp3) is 0.324. The summed E-state index contributed by atoms with van der Waals surface area (Å²) in [5.74, 6) is -0.830. The maximum atomic E-state index is 14.1. The second-order valence-electron chi connectivity index (χ2n) is 11.7. The molecule has 3 N–H and O–H groups in total. The van der Waals surface area contributed by atoms with Gasteiger partial charge in [0, 0.05) is 42.9 Å². The molecule has 236 valence electrons. The van der Waals surface area contributed by atoms with Crippen LogP contribution in [0.1, 0.15) is 49.6 Å². The van der Waals surface area contributed by atoms with Gasteiger partial charge in [-0.15, -0.1) is 11.3 Å². The lowest BCUT2D eigenvalue weighted by molar-refractivity contribution is 0.0363. The Morgan fingerprint density at radius 3 is 2.57 bits per heavy atom. The van der Waals surface area contributed by atoms with E-state index in [2.05, 4.69) is 15.5 Å². The molecule has 5 aromatic rings. The van der Waals surface area contributed by atoms with Gasteiger partial charge in [0.1, 0.15) is 21.8 Å². The topological polar surface area (TPSA) is 134 Å². The molecule has 0 spiro atoms. The van der Waals surface area contributed by atoms with Crippen molar-refractivity contribution in [2.75, 3.05) is 43.5 Å². The van der Waals surface area contributed by atoms with Crippen LogP contribution in [0.15, 0.2) is 59.5 Å². The second-order valence-corrected chi connectivity index (χ2v) is 12.8. The highest BCUT2D eigenvalue weighted by atomic mass is 32.1. The summed E-state index contributed by atoms with van der Waals surface area (Å²) < 4.78 is 8.64. The molecule has 7 rings (SSSR count). The molecule has 2 amide bonds. The summed E-state index contributed by atoms with van der Waals surface area (Å²) in [7, 11) is 0. The summed E-state index contributed by atoms with van der Waals surface area (Å²) in [5.41, 5.74) is 3.49. The lowest BCUT2D eigenvalue weighted by atomic mass is 9.95. The molecule has 11 nitrogen and oxygen atoms in total. The lowest BCUT2D eigenvalue weighted by Gasteiger charge is -2.27. The number of nitrogens with zero attached hydrogens (tertiary/aromatic N) is 4. The van der Waals surface area contributed by atoms with Crippen LogP contribution in [-0.2, 0) is 24.1 Å². The Bertz CT molecular complexity index is 2090. The van der Waals surface area contributed by atoms with E-state index in [9.17, 15) is 19.8 Å². The summed E-state index contributed by atoms with van der Waals surface area (Å²) in [4.78, 5) is 49.7. The summed E-state index contributed by atoms with van der Waals surface area (Å²) >= 11 is 1.42. The number of benzene rings is 1. The Balaban J connectivity index is 1.31. The van der Waals surface area contributed by atoms with Gasteiger partial charge in [-0.25, -0.2) is 4.98 Å². The number of rotatable bonds is 7. The molecule has 1 aliphatic carbocycles. The van der Waals surface area contributed by atoms with Gasteiger partial charge < -0.3 is 19.9 Å². The molecule has 0 unspecified atom stereocenters. The third-order valence-electron chi connectivity index (χ3n) is 8.78. The van der Waals surface area contributed by atoms with Gasteiger partial charge in [0.25, 0.3) is 17.4 Å². The van der Waals surface area contributed by atoms with E-state index < -0.39 is 5.91 Å². The number of carbonyl (C=O) groups excluding carboxylic acids is 2. The van der Waals surface area contributed by atoms with Gasteiger partial charge in [0.2, 0.25) is 0 Å². The molecule has 5 heterocycles. The van der Waals surface area contributed by atoms with Crippen molar-refractivity contribution in [1.82, 2.24) is 18.9 Å². The predicted molar refractivity (Wildman–Crippen MR) is 178 cm³/mol. The van der Waals surface area contributed by atoms with Crippen LogP contribution in [0.5, 0.6) is 0 Å². The van der Waals surface area contributed by atoms with E-state index in [4.69, 9.17) is 9.72 Å². The Morgan fingerprint density at radius 2 is 1.76 bits per heavy atom. The number of carbonyl (C=O) groups is 2. The van der Waals surface area contributed by atoms with Gasteiger partial charge in [-0.1, -0.05) is 24.3 Å². The van der Waals surface area contributed by atoms with Crippen LogP contribution in [0.2, 0.25) is 0 Å². The molecule has 1 saturated heterocycles. The minimum atomic E-state index is -0.548. The van der Waals surface area contributed by atoms with Crippen molar-refractivity contribution in [3.63, 3.8) is 0 Å². The molecule has 1 aliphatic heterocycles. The number of morpholine rings is 1. The minimum Gasteiger partial charge on any atom is -0.379 e. The summed E-state index contributed by atoms with van der Waals surface area (Å²) in [6.07, 6.45) is 5.26. The summed E-state index contributed by atoms with van der Waals surface area (Å²) in [6, 6.07) is 14.4. The number of hydrogen-bond donors (Lipinski definition) is 3. The molecule has 0 atom stereocenters. The maximum Gasteiger partial charge on any atom is 0.267 e. The van der Waals surface area contributed by atoms with Crippen molar-refractivity contribution in [3.05, 3.63) is 97.7 Å². The van der Waals surface area contributed by atoms with E-state index in [0.29, 0.717) is 53.8 Å². The number of para-hydroxylation sites is 1. The highest BCUT2D eigenvalue weighted by molar-refractivity contribution is 7.17. The zero-order valence-corrected chi connectivity index (χ0v) is 26.4. The third-order valence-corrected chi connectivity index (χ3v) is 9.99. The van der Waals surface area contributed by atoms with Gasteiger partial charge >= 0.3 is 0 Å². The Morgan fingerprint density at radius 1 is 0.978 bits per heavy atom. The van der Waals surface area contributed by atoms with Crippen molar-refractivity contribution in [2.24, 2.45) is 0 Å². The zero-order chi connectivity index (χ0) is 31.8. The first-order chi connectivity index (χ1) is 22.4. The Labute approximate surface area is 269 Å². The van der Waals surface area contributed by atoms with Crippen molar-refractivity contribution in [2.45, 2.75) is 39.2 Å². The molecule has 2 aliphatic rings. The minimum absolute atomic E-state index is 0.0419. The number of ether oxygens (including phenoxy) is 1. The maximum absolute atomic E-state index is 14.1. The largest absolute Gasteiger partial charge is 0.379 e. The molecule has 12 heteroatoms. The SMILES string of the molecule is Cc1cccn2c(=O)c3cc(C(=O)Nc4sc5c(c4C(=O)Nc4ccccc4)CCCC5)c(=N)n(CCN4CCOCC4)c3nc12. The Hall–Kier alpha value is -4.65. The Kier molecular flexibility index (Phi) is 8.24. The molecule has 1 aromatic carbocycles. The average molecular weight is 638 g/mol. The van der Waals surface area contributed by atoms with Crippen molar-refractivity contribution >= 4 is 50.5 Å². The van der Waals surface area contributed by atoms with Gasteiger partial charge in [-0.3, -0.25) is 29.1 Å². The number of aromatic nitrogens is 3. The van der Waals surface area contributed by atoms with Crippen LogP contribution in [0.4, 0.5) is 10.7 Å². The number of nitrogens with one attached hydrogen (secondary N) is 3. The van der Waals surface area contributed by atoms with Crippen LogP contribution < -0.4 is 21.7 Å². The van der Waals surface area contributed by atoms with E-state index in [1.54, 1.807) is 16.8 Å². The zero-order valence-electron chi connectivity index (χ0n) is 25.6. The predicted octanol–water partition coefficient (Wildman–Crippen LogP) is 4.21. The summed E-state index contributed by atoms with van der Waals surface area (Å²) in [6.45, 7) is 5.66. The first-order valence-corrected chi connectivity index (χ1v) is 16.4. The number of anilines is 2. The molecular weight excluding hydrogens is 602 g/mol. The number of pyridine rings is 2. The normalized spacial score (nSPS) is 15.2. The first kappa shape index (κ1) is 30.0. The van der Waals surface area contributed by atoms with Crippen LogP contribution >= 0.6 is 11.3 Å². The average Bonchev–Trinajstić information content (AvgIpc) is 3.43. The number of aryl methyl sites for hydroxylation is 2. The molecule has 0 saturated carbocycles. The molecule has 4 aromatic heterocycles. The highest BCUT2D eigenvalue weighted by Gasteiger charge is 2.28. The lowest BCUT2D eigenvalue weighted by Crippen LogP contribution is -2.40. The fourth-order valence-electron chi connectivity index (χ4n) is 6.33. The number of thiophene rings is 1. The first-order valence-electron chi connectivity index (χ1n) is 15.6. The van der Waals surface area contributed by atoms with E-state index in [1.807, 2.05) is 43.3 Å². The van der Waals surface area contributed by atoms with Crippen LogP contribution in [0, 0.1) is 12.3 Å². The van der Waals surface area contributed by atoms with Crippen LogP contribution in [0.3, 0.4) is 0 Å². The number of fused-ring (bicyclic) bond motifs is 3. The van der Waals surface area contributed by atoms with Crippen molar-refractivity contribution in [1.29, 1.82) is 5.41 Å². The van der Waals surface area contributed by atoms with Gasteiger partial charge in [0.15, 0.2) is 0 Å². The highest BCUT2D eigenvalue weighted by Crippen LogP contribution is 2.38. The van der Waals surface area contributed by atoms with E-state index in [-0.39, 0.29) is 27.9 Å². The molecule has 0 radical (unpaired) electrons. The second kappa shape index (κ2) is 12.6. The van der Waals surface area contributed by atoms with Crippen LogP contribution in [-0.4, -0.2) is 63.5 Å². The number of amides is 2. The summed E-state index contributed by atoms with van der Waals surface area (Å²) in [5, 5.41) is 15.9. The monoisotopic (exact) mass is 637 g/mol. The smallest absolute Gasteiger partial charge is 0.267 e. The molecule has 1 fully saturated rings. The van der Waals surface area contributed by atoms with E-state index in [1.165, 1.54) is 21.8 Å². The standard InChI is InChI=1S/C34H35N7O4S/c1-21-8-7-13-41-29(21)37-30-25(34(41)44)20-24(28(35)40(30)15-14-39-16-18-45-19-17-39)31(42)38-33-27(23-11-5-6-12-26(23)46-33)32(43)36-22-9-3-2-4-10-22/h2-4,7-10,13,20,35H,5-6,11-12,14-19H2,1H3,(H,36,43)(H,38,42). The molecule has 46 heavy (non-hydrogen) atoms. The van der Waals surface area contributed by atoms with Gasteiger partial charge in [-0.05, 0) is 68.0 Å². The van der Waals surface area contributed by atoms with Gasteiger partial charge in [0.05, 0.1) is 29.7 Å². The van der Waals surface area contributed by atoms with E-state index >= 15 is 0 Å². The number of hydrogen-bond acceptors (Lipinski definition) is 8. The van der Waals surface area contributed by atoms with Gasteiger partial charge in [-0.2, -0.15) is 0 Å². The quantitative estimate of drug-likeness (QED) is 0.229. The fourth-order valence-corrected chi connectivity index (χ4v) is 7.61. The van der Waals surface area contributed by atoms with Crippen LogP contribution in [0.25, 0.3) is 16.7 Å². The molecular formula is C34H35N7O4S.